The van der Waals surface area contributed by atoms with Gasteiger partial charge >= 0.3 is 11.8 Å². The van der Waals surface area contributed by atoms with Crippen LogP contribution in [0.1, 0.15) is 17.2 Å². The van der Waals surface area contributed by atoms with Crippen LogP contribution in [0.5, 0.6) is 0 Å². The van der Waals surface area contributed by atoms with Gasteiger partial charge in [0.2, 0.25) is 0 Å². The molecule has 3 aromatic rings. The summed E-state index contributed by atoms with van der Waals surface area (Å²) < 4.78 is 13.3. The predicted molar refractivity (Wildman–Crippen MR) is 133 cm³/mol. The van der Waals surface area contributed by atoms with E-state index in [2.05, 4.69) is 25.4 Å². The topological polar surface area (TPSA) is 77.6 Å². The van der Waals surface area contributed by atoms with E-state index in [1.54, 1.807) is 42.7 Å². The number of pyridine rings is 1. The third-order valence-electron chi connectivity index (χ3n) is 6.08. The molecule has 1 aliphatic heterocycles. The van der Waals surface area contributed by atoms with Gasteiger partial charge in [0, 0.05) is 62.4 Å². The van der Waals surface area contributed by atoms with Gasteiger partial charge < -0.3 is 15.5 Å². The van der Waals surface area contributed by atoms with E-state index in [9.17, 15) is 14.0 Å². The molecule has 0 saturated carbocycles. The third kappa shape index (κ3) is 6.55. The van der Waals surface area contributed by atoms with E-state index in [0.717, 1.165) is 43.0 Å². The highest BCUT2D eigenvalue weighted by Crippen LogP contribution is 2.24. The molecule has 182 valence electrons. The van der Waals surface area contributed by atoms with Crippen molar-refractivity contribution >= 4 is 29.1 Å². The Kier molecular flexibility index (Phi) is 8.28. The van der Waals surface area contributed by atoms with Crippen molar-refractivity contribution in [2.24, 2.45) is 0 Å². The van der Waals surface area contributed by atoms with Crippen LogP contribution in [-0.4, -0.2) is 54.4 Å². The summed E-state index contributed by atoms with van der Waals surface area (Å²) in [4.78, 5) is 33.6. The van der Waals surface area contributed by atoms with Crippen molar-refractivity contribution in [3.8, 4) is 0 Å². The average molecular weight is 496 g/mol. The molecule has 2 aromatic carbocycles. The van der Waals surface area contributed by atoms with Gasteiger partial charge in [-0.3, -0.25) is 19.5 Å². The zero-order chi connectivity index (χ0) is 24.6. The van der Waals surface area contributed by atoms with Crippen LogP contribution in [0.25, 0.3) is 0 Å². The number of halogens is 2. The molecule has 1 aromatic heterocycles. The molecule has 0 bridgehead atoms. The summed E-state index contributed by atoms with van der Waals surface area (Å²) in [6, 6.07) is 17.3. The van der Waals surface area contributed by atoms with Gasteiger partial charge in [-0.1, -0.05) is 35.9 Å². The lowest BCUT2D eigenvalue weighted by Gasteiger charge is -2.40. The van der Waals surface area contributed by atoms with Crippen LogP contribution in [0.15, 0.2) is 73.1 Å². The number of hydrogen-bond acceptors (Lipinski definition) is 5. The normalized spacial score (nSPS) is 14.9. The van der Waals surface area contributed by atoms with Gasteiger partial charge in [0.1, 0.15) is 5.82 Å². The smallest absolute Gasteiger partial charge is 0.309 e. The van der Waals surface area contributed by atoms with Crippen molar-refractivity contribution in [2.75, 3.05) is 37.6 Å². The highest BCUT2D eigenvalue weighted by molar-refractivity contribution is 6.35. The zero-order valence-corrected chi connectivity index (χ0v) is 19.9. The van der Waals surface area contributed by atoms with E-state index >= 15 is 0 Å². The molecule has 2 amide bonds. The van der Waals surface area contributed by atoms with Crippen LogP contribution in [0.2, 0.25) is 5.02 Å². The van der Waals surface area contributed by atoms with Crippen LogP contribution in [-0.2, 0) is 16.1 Å². The number of carbonyl (C=O) groups excluding carboxylic acids is 2. The molecule has 0 radical (unpaired) electrons. The van der Waals surface area contributed by atoms with Crippen molar-refractivity contribution in [2.45, 2.75) is 12.6 Å². The molecule has 1 aliphatic rings. The predicted octanol–water partition coefficient (Wildman–Crippen LogP) is 3.17. The van der Waals surface area contributed by atoms with Crippen molar-refractivity contribution < 1.29 is 14.0 Å². The maximum absolute atomic E-state index is 13.3. The number of hydrogen-bond donors (Lipinski definition) is 2. The third-order valence-corrected chi connectivity index (χ3v) is 6.44. The molecule has 1 atom stereocenters. The molecule has 0 aliphatic carbocycles. The number of rotatable bonds is 7. The first-order chi connectivity index (χ1) is 17.0. The van der Waals surface area contributed by atoms with Crippen LogP contribution in [0, 0.1) is 5.82 Å². The molecule has 1 fully saturated rings. The van der Waals surface area contributed by atoms with Gasteiger partial charge in [-0.25, -0.2) is 4.39 Å². The summed E-state index contributed by atoms with van der Waals surface area (Å²) in [6.45, 7) is 3.43. The number of amides is 2. The number of carbonyl (C=O) groups is 2. The lowest BCUT2D eigenvalue weighted by atomic mass is 10.1. The van der Waals surface area contributed by atoms with Gasteiger partial charge in [0.15, 0.2) is 0 Å². The number of aromatic nitrogens is 1. The molecule has 2 heterocycles. The van der Waals surface area contributed by atoms with Crippen LogP contribution >= 0.6 is 11.6 Å². The Balaban J connectivity index is 1.35. The average Bonchev–Trinajstić information content (AvgIpc) is 2.89. The monoisotopic (exact) mass is 495 g/mol. The van der Waals surface area contributed by atoms with E-state index in [-0.39, 0.29) is 24.9 Å². The van der Waals surface area contributed by atoms with Gasteiger partial charge in [-0.2, -0.15) is 0 Å². The summed E-state index contributed by atoms with van der Waals surface area (Å²) in [5.74, 6) is -1.66. The first-order valence-electron chi connectivity index (χ1n) is 11.4. The van der Waals surface area contributed by atoms with Crippen molar-refractivity contribution in [3.63, 3.8) is 0 Å². The fraction of sp³-hybridized carbons (Fsp3) is 0.269. The number of anilines is 1. The standard InChI is InChI=1S/C26H27ClFN5O2/c27-23-6-2-1-4-19(23)17-30-25(34)26(35)31-18-24(20-5-3-11-29-16-20)33-14-12-32(13-15-33)22-9-7-21(28)8-10-22/h1-11,16,24H,12-15,17-18H2,(H,30,34)(H,31,35). The molecule has 4 rings (SSSR count). The minimum atomic E-state index is -0.712. The van der Waals surface area contributed by atoms with Gasteiger partial charge in [-0.15, -0.1) is 0 Å². The Morgan fingerprint density at radius 2 is 1.66 bits per heavy atom. The first-order valence-corrected chi connectivity index (χ1v) is 11.8. The summed E-state index contributed by atoms with van der Waals surface area (Å²) in [5, 5.41) is 5.92. The maximum Gasteiger partial charge on any atom is 0.309 e. The Labute approximate surface area is 208 Å². The highest BCUT2D eigenvalue weighted by Gasteiger charge is 2.27. The van der Waals surface area contributed by atoms with Gasteiger partial charge in [0.25, 0.3) is 0 Å². The molecular formula is C26H27ClFN5O2. The maximum atomic E-state index is 13.3. The number of nitrogens with zero attached hydrogens (tertiary/aromatic N) is 3. The Morgan fingerprint density at radius 1 is 0.943 bits per heavy atom. The number of piperazine rings is 1. The zero-order valence-electron chi connectivity index (χ0n) is 19.2. The van der Waals surface area contributed by atoms with Crippen LogP contribution in [0.4, 0.5) is 10.1 Å². The molecule has 7 nitrogen and oxygen atoms in total. The Morgan fingerprint density at radius 3 is 2.34 bits per heavy atom. The van der Waals surface area contributed by atoms with E-state index in [1.165, 1.54) is 12.1 Å². The van der Waals surface area contributed by atoms with Gasteiger partial charge in [0.05, 0.1) is 6.04 Å². The quantitative estimate of drug-likeness (QED) is 0.492. The largest absolute Gasteiger partial charge is 0.369 e. The molecule has 9 heteroatoms. The fourth-order valence-corrected chi connectivity index (χ4v) is 4.34. The number of nitrogens with one attached hydrogen (secondary N) is 2. The van der Waals surface area contributed by atoms with E-state index in [0.29, 0.717) is 5.02 Å². The van der Waals surface area contributed by atoms with Crippen LogP contribution in [0.3, 0.4) is 0 Å². The molecule has 0 spiro atoms. The van der Waals surface area contributed by atoms with E-state index < -0.39 is 11.8 Å². The Hall–Kier alpha value is -3.49. The van der Waals surface area contributed by atoms with Gasteiger partial charge in [-0.05, 0) is 47.5 Å². The first kappa shape index (κ1) is 24.6. The molecule has 1 saturated heterocycles. The lowest BCUT2D eigenvalue weighted by molar-refractivity contribution is -0.139. The van der Waals surface area contributed by atoms with E-state index in [1.807, 2.05) is 18.2 Å². The summed E-state index contributed by atoms with van der Waals surface area (Å²) in [7, 11) is 0. The fourth-order valence-electron chi connectivity index (χ4n) is 4.14. The second-order valence-electron chi connectivity index (χ2n) is 8.29. The van der Waals surface area contributed by atoms with Crippen molar-refractivity contribution in [1.29, 1.82) is 0 Å². The molecular weight excluding hydrogens is 469 g/mol. The minimum Gasteiger partial charge on any atom is -0.369 e. The van der Waals surface area contributed by atoms with Crippen molar-refractivity contribution in [1.82, 2.24) is 20.5 Å². The molecule has 35 heavy (non-hydrogen) atoms. The summed E-state index contributed by atoms with van der Waals surface area (Å²) >= 11 is 6.12. The summed E-state index contributed by atoms with van der Waals surface area (Å²) in [6.07, 6.45) is 3.48. The van der Waals surface area contributed by atoms with Crippen LogP contribution < -0.4 is 15.5 Å². The minimum absolute atomic E-state index is 0.139. The van der Waals surface area contributed by atoms with Crippen molar-refractivity contribution in [3.05, 3.63) is 95.0 Å². The highest BCUT2D eigenvalue weighted by atomic mass is 35.5. The second-order valence-corrected chi connectivity index (χ2v) is 8.69. The Bertz CT molecular complexity index is 1140. The second kappa shape index (κ2) is 11.8. The number of benzene rings is 2. The summed E-state index contributed by atoms with van der Waals surface area (Å²) in [5.41, 5.74) is 2.68. The lowest BCUT2D eigenvalue weighted by Crippen LogP contribution is -2.50. The molecule has 1 unspecified atom stereocenters. The molecule has 2 N–H and O–H groups in total. The SMILES string of the molecule is O=C(NCc1ccccc1Cl)C(=O)NCC(c1cccnc1)N1CCN(c2ccc(F)cc2)CC1. The van der Waals surface area contributed by atoms with E-state index in [4.69, 9.17) is 11.6 Å².